The molecule has 1 N–H and O–H groups in total. The normalized spacial score (nSPS) is 10.8. The number of carbonyl (C=O) groups excluding carboxylic acids is 1. The van der Waals surface area contributed by atoms with Crippen LogP contribution in [0.5, 0.6) is 11.5 Å². The highest BCUT2D eigenvalue weighted by molar-refractivity contribution is 6.33. The minimum absolute atomic E-state index is 0.0660. The first-order chi connectivity index (χ1) is 15.9. The number of carbonyl (C=O) groups is 1. The number of amides is 1. The highest BCUT2D eigenvalue weighted by Crippen LogP contribution is 2.35. The minimum atomic E-state index is -0.426. The SMILES string of the molecule is COc1ccc(NC(=O)COc2c(-c3ccccc3Cl)oc3cc(C)c(C)cc3c2=O)cc1. The summed E-state index contributed by atoms with van der Waals surface area (Å²) in [5.41, 5.74) is 3.07. The summed E-state index contributed by atoms with van der Waals surface area (Å²) in [5.74, 6) is 0.361. The van der Waals surface area contributed by atoms with Crippen LogP contribution in [-0.4, -0.2) is 19.6 Å². The lowest BCUT2D eigenvalue weighted by Gasteiger charge is -2.13. The van der Waals surface area contributed by atoms with Gasteiger partial charge in [0.1, 0.15) is 11.3 Å². The molecule has 0 aliphatic carbocycles. The van der Waals surface area contributed by atoms with Gasteiger partial charge in [-0.1, -0.05) is 23.7 Å². The maximum absolute atomic E-state index is 13.4. The third-order valence-corrected chi connectivity index (χ3v) is 5.63. The van der Waals surface area contributed by atoms with E-state index in [0.29, 0.717) is 33.0 Å². The second-order valence-corrected chi connectivity index (χ2v) is 7.97. The van der Waals surface area contributed by atoms with Gasteiger partial charge in [0, 0.05) is 11.3 Å². The second-order valence-electron chi connectivity index (χ2n) is 7.57. The van der Waals surface area contributed by atoms with Gasteiger partial charge in [0.25, 0.3) is 5.91 Å². The molecular weight excluding hydrogens is 442 g/mol. The number of methoxy groups -OCH3 is 1. The lowest BCUT2D eigenvalue weighted by molar-refractivity contribution is -0.118. The quantitative estimate of drug-likeness (QED) is 0.393. The first kappa shape index (κ1) is 22.4. The fourth-order valence-corrected chi connectivity index (χ4v) is 3.62. The van der Waals surface area contributed by atoms with Crippen molar-refractivity contribution in [3.05, 3.63) is 87.0 Å². The number of fused-ring (bicyclic) bond motifs is 1. The van der Waals surface area contributed by atoms with Crippen molar-refractivity contribution in [1.29, 1.82) is 0 Å². The summed E-state index contributed by atoms with van der Waals surface area (Å²) in [6, 6.07) is 17.4. The van der Waals surface area contributed by atoms with Crippen LogP contribution in [0, 0.1) is 13.8 Å². The predicted octanol–water partition coefficient (Wildman–Crippen LogP) is 5.76. The van der Waals surface area contributed by atoms with E-state index in [9.17, 15) is 9.59 Å². The molecule has 1 aromatic heterocycles. The zero-order chi connectivity index (χ0) is 23.5. The lowest BCUT2D eigenvalue weighted by atomic mass is 10.0. The molecule has 0 bridgehead atoms. The van der Waals surface area contributed by atoms with E-state index in [1.165, 1.54) is 0 Å². The Morgan fingerprint density at radius 3 is 2.42 bits per heavy atom. The number of rotatable bonds is 6. The van der Waals surface area contributed by atoms with E-state index in [-0.39, 0.29) is 23.5 Å². The van der Waals surface area contributed by atoms with Crippen LogP contribution < -0.4 is 20.2 Å². The fourth-order valence-electron chi connectivity index (χ4n) is 3.40. The second kappa shape index (κ2) is 9.38. The highest BCUT2D eigenvalue weighted by Gasteiger charge is 2.21. The number of halogens is 1. The molecule has 0 atom stereocenters. The van der Waals surface area contributed by atoms with E-state index in [1.807, 2.05) is 19.9 Å². The Morgan fingerprint density at radius 2 is 1.73 bits per heavy atom. The number of hydrogen-bond acceptors (Lipinski definition) is 5. The number of benzene rings is 3. The Hall–Kier alpha value is -3.77. The molecule has 4 rings (SSSR count). The number of hydrogen-bond donors (Lipinski definition) is 1. The van der Waals surface area contributed by atoms with Gasteiger partial charge in [-0.2, -0.15) is 0 Å². The molecule has 0 saturated carbocycles. The van der Waals surface area contributed by atoms with Crippen LogP contribution in [0.4, 0.5) is 5.69 Å². The van der Waals surface area contributed by atoms with Crippen molar-refractivity contribution in [3.63, 3.8) is 0 Å². The Balaban J connectivity index is 1.70. The predicted molar refractivity (Wildman–Crippen MR) is 130 cm³/mol. The van der Waals surface area contributed by atoms with Gasteiger partial charge in [-0.05, 0) is 73.5 Å². The maximum atomic E-state index is 13.4. The number of aryl methyl sites for hydroxylation is 2. The first-order valence-corrected chi connectivity index (χ1v) is 10.6. The van der Waals surface area contributed by atoms with Crippen LogP contribution in [-0.2, 0) is 4.79 Å². The summed E-state index contributed by atoms with van der Waals surface area (Å²) in [5, 5.41) is 3.50. The molecule has 0 aliphatic heterocycles. The van der Waals surface area contributed by atoms with E-state index in [0.717, 1.165) is 11.1 Å². The van der Waals surface area contributed by atoms with E-state index < -0.39 is 5.91 Å². The van der Waals surface area contributed by atoms with Gasteiger partial charge in [0.05, 0.1) is 17.5 Å². The summed E-state index contributed by atoms with van der Waals surface area (Å²) in [4.78, 5) is 25.9. The zero-order valence-corrected chi connectivity index (χ0v) is 19.2. The molecule has 1 heterocycles. The van der Waals surface area contributed by atoms with E-state index in [4.69, 9.17) is 25.5 Å². The Morgan fingerprint density at radius 1 is 1.03 bits per heavy atom. The molecule has 168 valence electrons. The van der Waals surface area contributed by atoms with Crippen molar-refractivity contribution in [3.8, 4) is 22.8 Å². The third-order valence-electron chi connectivity index (χ3n) is 5.30. The highest BCUT2D eigenvalue weighted by atomic mass is 35.5. The molecular formula is C26H22ClNO5. The van der Waals surface area contributed by atoms with Crippen LogP contribution in [0.3, 0.4) is 0 Å². The van der Waals surface area contributed by atoms with Crippen molar-refractivity contribution in [2.75, 3.05) is 19.0 Å². The van der Waals surface area contributed by atoms with Crippen LogP contribution >= 0.6 is 11.6 Å². The molecule has 0 saturated heterocycles. The first-order valence-electron chi connectivity index (χ1n) is 10.3. The Labute approximate surface area is 195 Å². The largest absolute Gasteiger partial charge is 0.497 e. The van der Waals surface area contributed by atoms with Crippen LogP contribution in [0.25, 0.3) is 22.3 Å². The molecule has 7 heteroatoms. The molecule has 0 spiro atoms. The summed E-state index contributed by atoms with van der Waals surface area (Å²) in [6.45, 7) is 3.47. The zero-order valence-electron chi connectivity index (χ0n) is 18.4. The monoisotopic (exact) mass is 463 g/mol. The molecule has 6 nitrogen and oxygen atoms in total. The molecule has 0 radical (unpaired) electrons. The topological polar surface area (TPSA) is 77.8 Å². The van der Waals surface area contributed by atoms with Crippen molar-refractivity contribution >= 4 is 34.2 Å². The molecule has 0 unspecified atom stereocenters. The third kappa shape index (κ3) is 4.71. The molecule has 0 aliphatic rings. The van der Waals surface area contributed by atoms with E-state index in [2.05, 4.69) is 5.32 Å². The molecule has 1 amide bonds. The molecule has 33 heavy (non-hydrogen) atoms. The van der Waals surface area contributed by atoms with Crippen molar-refractivity contribution in [2.45, 2.75) is 13.8 Å². The summed E-state index contributed by atoms with van der Waals surface area (Å²) < 4.78 is 16.9. The minimum Gasteiger partial charge on any atom is -0.497 e. The van der Waals surface area contributed by atoms with Crippen LogP contribution in [0.1, 0.15) is 11.1 Å². The lowest BCUT2D eigenvalue weighted by Crippen LogP contribution is -2.22. The average Bonchev–Trinajstić information content (AvgIpc) is 2.80. The van der Waals surface area contributed by atoms with Crippen LogP contribution in [0.2, 0.25) is 5.02 Å². The fraction of sp³-hybridized carbons (Fsp3) is 0.154. The number of anilines is 1. The number of ether oxygens (including phenoxy) is 2. The molecule has 0 fully saturated rings. The van der Waals surface area contributed by atoms with Crippen molar-refractivity contribution in [1.82, 2.24) is 0 Å². The van der Waals surface area contributed by atoms with Gasteiger partial charge in [-0.25, -0.2) is 0 Å². The molecule has 3 aromatic carbocycles. The van der Waals surface area contributed by atoms with Gasteiger partial charge in [0.15, 0.2) is 12.4 Å². The summed E-state index contributed by atoms with van der Waals surface area (Å²) >= 11 is 6.38. The maximum Gasteiger partial charge on any atom is 0.262 e. The number of nitrogens with one attached hydrogen (secondary N) is 1. The summed E-state index contributed by atoms with van der Waals surface area (Å²) in [6.07, 6.45) is 0. The van der Waals surface area contributed by atoms with Gasteiger partial charge < -0.3 is 19.2 Å². The average molecular weight is 464 g/mol. The molecule has 4 aromatic rings. The smallest absolute Gasteiger partial charge is 0.262 e. The van der Waals surface area contributed by atoms with Crippen molar-refractivity contribution in [2.24, 2.45) is 0 Å². The van der Waals surface area contributed by atoms with Gasteiger partial charge in [-0.3, -0.25) is 9.59 Å². The van der Waals surface area contributed by atoms with Gasteiger partial charge >= 0.3 is 0 Å². The Kier molecular flexibility index (Phi) is 6.38. The van der Waals surface area contributed by atoms with E-state index in [1.54, 1.807) is 61.7 Å². The standard InChI is InChI=1S/C26H22ClNO5/c1-15-12-20-22(13-16(15)2)33-25(19-6-4-5-7-21(19)27)26(24(20)30)32-14-23(29)28-17-8-10-18(31-3)11-9-17/h4-13H,14H2,1-3H3,(H,28,29). The Bertz CT molecular complexity index is 1390. The van der Waals surface area contributed by atoms with Gasteiger partial charge in [0.2, 0.25) is 11.2 Å². The van der Waals surface area contributed by atoms with Gasteiger partial charge in [-0.15, -0.1) is 0 Å². The summed E-state index contributed by atoms with van der Waals surface area (Å²) in [7, 11) is 1.57. The van der Waals surface area contributed by atoms with E-state index >= 15 is 0 Å². The van der Waals surface area contributed by atoms with Crippen LogP contribution in [0.15, 0.2) is 69.9 Å². The van der Waals surface area contributed by atoms with Crippen molar-refractivity contribution < 1.29 is 18.7 Å².